The number of nitrogens with one attached hydrogen (secondary N) is 3. The molecule has 0 bridgehead atoms. The van der Waals surface area contributed by atoms with E-state index in [1.165, 1.54) is 6.07 Å². The van der Waals surface area contributed by atoms with Crippen molar-refractivity contribution in [1.82, 2.24) is 15.8 Å². The lowest BCUT2D eigenvalue weighted by Crippen LogP contribution is -2.41. The molecule has 0 spiro atoms. The molecule has 1 unspecified atom stereocenters. The number of anilines is 1. The zero-order chi connectivity index (χ0) is 22.2. The Hall–Kier alpha value is -3.17. The molecule has 31 heavy (non-hydrogen) atoms. The molecule has 2 heterocycles. The van der Waals surface area contributed by atoms with Crippen molar-refractivity contribution in [2.24, 2.45) is 0 Å². The predicted octanol–water partition coefficient (Wildman–Crippen LogP) is 2.31. The lowest BCUT2D eigenvalue weighted by Gasteiger charge is -2.15. The van der Waals surface area contributed by atoms with E-state index >= 15 is 0 Å². The van der Waals surface area contributed by atoms with Crippen molar-refractivity contribution in [2.45, 2.75) is 39.3 Å². The van der Waals surface area contributed by atoms with Crippen LogP contribution in [0.25, 0.3) is 0 Å². The van der Waals surface area contributed by atoms with Crippen LogP contribution < -0.4 is 16.2 Å². The molecule has 9 nitrogen and oxygen atoms in total. The van der Waals surface area contributed by atoms with Gasteiger partial charge in [0.05, 0.1) is 6.54 Å². The summed E-state index contributed by atoms with van der Waals surface area (Å²) in [6.07, 6.45) is 1.07. The summed E-state index contributed by atoms with van der Waals surface area (Å²) in [5, 5.41) is 2.75. The average Bonchev–Trinajstić information content (AvgIpc) is 3.48. The second-order valence-corrected chi connectivity index (χ2v) is 7.21. The first kappa shape index (κ1) is 22.5. The highest BCUT2D eigenvalue weighted by Crippen LogP contribution is 2.16. The summed E-state index contributed by atoms with van der Waals surface area (Å²) in [5.74, 6) is -0.518. The van der Waals surface area contributed by atoms with E-state index in [9.17, 15) is 14.4 Å². The molecular formula is C22H28N4O5. The molecule has 9 heteroatoms. The van der Waals surface area contributed by atoms with E-state index in [1.807, 2.05) is 0 Å². The third-order valence-corrected chi connectivity index (χ3v) is 5.06. The number of ether oxygens (including phenoxy) is 1. The first-order valence-corrected chi connectivity index (χ1v) is 10.4. The normalized spacial score (nSPS) is 15.6. The number of hydrogen-bond acceptors (Lipinski definition) is 6. The Morgan fingerprint density at radius 2 is 1.84 bits per heavy atom. The number of furan rings is 1. The zero-order valence-corrected chi connectivity index (χ0v) is 17.8. The number of rotatable bonds is 8. The van der Waals surface area contributed by atoms with Crippen LogP contribution in [0.4, 0.5) is 5.69 Å². The predicted molar refractivity (Wildman–Crippen MR) is 114 cm³/mol. The number of nitrogens with zero attached hydrogens (tertiary/aromatic N) is 1. The molecule has 1 fully saturated rings. The summed E-state index contributed by atoms with van der Waals surface area (Å²) in [6.45, 7) is 7.05. The van der Waals surface area contributed by atoms with Gasteiger partial charge in [0.15, 0.2) is 5.76 Å². The Morgan fingerprint density at radius 3 is 2.55 bits per heavy atom. The molecule has 1 aromatic carbocycles. The number of carbonyl (C=O) groups is 3. The number of carbonyl (C=O) groups excluding carboxylic acids is 3. The summed E-state index contributed by atoms with van der Waals surface area (Å²) in [5.41, 5.74) is 5.47. The highest BCUT2D eigenvalue weighted by molar-refractivity contribution is 6.00. The zero-order valence-electron chi connectivity index (χ0n) is 17.8. The van der Waals surface area contributed by atoms with Crippen molar-refractivity contribution in [3.63, 3.8) is 0 Å². The van der Waals surface area contributed by atoms with Crippen LogP contribution in [0.5, 0.6) is 0 Å². The van der Waals surface area contributed by atoms with Crippen molar-refractivity contribution in [1.29, 1.82) is 0 Å². The monoisotopic (exact) mass is 428 g/mol. The molecule has 3 N–H and O–H groups in total. The van der Waals surface area contributed by atoms with Crippen LogP contribution in [0.1, 0.15) is 53.4 Å². The largest absolute Gasteiger partial charge is 0.454 e. The lowest BCUT2D eigenvalue weighted by atomic mass is 10.1. The van der Waals surface area contributed by atoms with E-state index < -0.39 is 17.9 Å². The number of amides is 3. The Balaban J connectivity index is 1.53. The van der Waals surface area contributed by atoms with Crippen molar-refractivity contribution < 1.29 is 23.5 Å². The van der Waals surface area contributed by atoms with Gasteiger partial charge in [-0.3, -0.25) is 30.1 Å². The van der Waals surface area contributed by atoms with Gasteiger partial charge in [-0.1, -0.05) is 19.9 Å². The number of hydrogen-bond donors (Lipinski definition) is 3. The Labute approximate surface area is 181 Å². The van der Waals surface area contributed by atoms with Crippen LogP contribution in [-0.2, 0) is 16.1 Å². The van der Waals surface area contributed by atoms with Crippen molar-refractivity contribution in [3.05, 3.63) is 53.5 Å². The maximum atomic E-state index is 12.4. The highest BCUT2D eigenvalue weighted by Gasteiger charge is 2.23. The van der Waals surface area contributed by atoms with Crippen molar-refractivity contribution in [2.75, 3.05) is 25.0 Å². The summed E-state index contributed by atoms with van der Waals surface area (Å²) in [4.78, 5) is 39.0. The van der Waals surface area contributed by atoms with E-state index in [0.29, 0.717) is 31.0 Å². The first-order valence-electron chi connectivity index (χ1n) is 10.4. The summed E-state index contributed by atoms with van der Waals surface area (Å²) < 4.78 is 10.9. The average molecular weight is 428 g/mol. The van der Waals surface area contributed by atoms with Gasteiger partial charge >= 0.3 is 5.91 Å². The molecule has 3 rings (SSSR count). The molecular weight excluding hydrogens is 400 g/mol. The fourth-order valence-electron chi connectivity index (χ4n) is 3.25. The minimum atomic E-state index is -0.554. The van der Waals surface area contributed by atoms with Gasteiger partial charge in [0.2, 0.25) is 0 Å². The second kappa shape index (κ2) is 10.7. The summed E-state index contributed by atoms with van der Waals surface area (Å²) in [7, 11) is 0. The standard InChI is InChI=1S/C22H28N4O5/c1-3-26(4-2)14-17-10-11-19(31-17)22(29)25-24-20(27)15-7-5-8-16(13-15)23-21(28)18-9-6-12-30-18/h5,7-8,10-11,13,18H,3-4,6,9,12,14H2,1-2H3,(H,23,28)(H,24,27)(H,25,29). The maximum Gasteiger partial charge on any atom is 0.305 e. The quantitative estimate of drug-likeness (QED) is 0.556. The molecule has 0 aliphatic carbocycles. The van der Waals surface area contributed by atoms with E-state index in [4.69, 9.17) is 9.15 Å². The van der Waals surface area contributed by atoms with Gasteiger partial charge in [-0.25, -0.2) is 0 Å². The highest BCUT2D eigenvalue weighted by atomic mass is 16.5. The van der Waals surface area contributed by atoms with Crippen molar-refractivity contribution in [3.8, 4) is 0 Å². The molecule has 3 amide bonds. The Bertz CT molecular complexity index is 916. The Kier molecular flexibility index (Phi) is 7.80. The van der Waals surface area contributed by atoms with Gasteiger partial charge in [0.25, 0.3) is 11.8 Å². The first-order chi connectivity index (χ1) is 15.0. The van der Waals surface area contributed by atoms with Gasteiger partial charge in [-0.2, -0.15) is 0 Å². The second-order valence-electron chi connectivity index (χ2n) is 7.21. The molecule has 2 aromatic rings. The third kappa shape index (κ3) is 6.16. The van der Waals surface area contributed by atoms with E-state index in [1.54, 1.807) is 30.3 Å². The molecule has 0 saturated carbocycles. The van der Waals surface area contributed by atoms with E-state index in [2.05, 4.69) is 34.9 Å². The third-order valence-electron chi connectivity index (χ3n) is 5.06. The SMILES string of the molecule is CCN(CC)Cc1ccc(C(=O)NNC(=O)c2cccc(NC(=O)C3CCCO3)c2)o1. The number of hydrazine groups is 1. The van der Waals surface area contributed by atoms with Gasteiger partial charge in [-0.15, -0.1) is 0 Å². The van der Waals surface area contributed by atoms with Gasteiger partial charge < -0.3 is 14.5 Å². The maximum absolute atomic E-state index is 12.4. The van der Waals surface area contributed by atoms with Gasteiger partial charge in [0, 0.05) is 17.9 Å². The van der Waals surface area contributed by atoms with Gasteiger partial charge in [0.1, 0.15) is 11.9 Å². The van der Waals surface area contributed by atoms with Crippen LogP contribution in [0.2, 0.25) is 0 Å². The minimum Gasteiger partial charge on any atom is -0.454 e. The number of benzene rings is 1. The molecule has 1 atom stereocenters. The summed E-state index contributed by atoms with van der Waals surface area (Å²) >= 11 is 0. The summed E-state index contributed by atoms with van der Waals surface area (Å²) in [6, 6.07) is 9.76. The fourth-order valence-corrected chi connectivity index (χ4v) is 3.25. The smallest absolute Gasteiger partial charge is 0.305 e. The van der Waals surface area contributed by atoms with Crippen molar-refractivity contribution >= 4 is 23.4 Å². The molecule has 1 saturated heterocycles. The van der Waals surface area contributed by atoms with Gasteiger partial charge in [-0.05, 0) is 56.3 Å². The van der Waals surface area contributed by atoms with Crippen LogP contribution in [0, 0.1) is 0 Å². The molecule has 1 aliphatic rings. The van der Waals surface area contributed by atoms with E-state index in [0.717, 1.165) is 19.5 Å². The molecule has 166 valence electrons. The van der Waals surface area contributed by atoms with Crippen LogP contribution in [0.3, 0.4) is 0 Å². The fraction of sp³-hybridized carbons (Fsp3) is 0.409. The van der Waals surface area contributed by atoms with Crippen LogP contribution in [-0.4, -0.2) is 48.4 Å². The van der Waals surface area contributed by atoms with Crippen LogP contribution in [0.15, 0.2) is 40.8 Å². The molecule has 0 radical (unpaired) electrons. The molecule has 1 aliphatic heterocycles. The van der Waals surface area contributed by atoms with Crippen LogP contribution >= 0.6 is 0 Å². The molecule has 1 aromatic heterocycles. The topological polar surface area (TPSA) is 113 Å². The minimum absolute atomic E-state index is 0.111. The lowest BCUT2D eigenvalue weighted by molar-refractivity contribution is -0.124. The van der Waals surface area contributed by atoms with E-state index in [-0.39, 0.29) is 17.2 Å². The Morgan fingerprint density at radius 1 is 1.06 bits per heavy atom.